The van der Waals surface area contributed by atoms with Crippen molar-refractivity contribution in [3.05, 3.63) is 35.4 Å². The second-order valence-corrected chi connectivity index (χ2v) is 5.50. The number of ketones is 1. The van der Waals surface area contributed by atoms with E-state index in [1.54, 1.807) is 0 Å². The fourth-order valence-corrected chi connectivity index (χ4v) is 2.72. The number of carbonyl (C=O) groups excluding carboxylic acids is 1. The van der Waals surface area contributed by atoms with Crippen molar-refractivity contribution in [2.24, 2.45) is 0 Å². The molecule has 1 heterocycles. The Labute approximate surface area is 116 Å². The van der Waals surface area contributed by atoms with Gasteiger partial charge in [0.25, 0.3) is 0 Å². The van der Waals surface area contributed by atoms with Crippen LogP contribution in [0.5, 0.6) is 0 Å². The molecule has 1 aromatic carbocycles. The molecule has 1 aromatic rings. The standard InChI is InChI=1S/C16H24N2O/c1-4-18-10-9-17(11-14(18)3)12-16(19)15-7-5-13(2)6-8-15/h5-8,14H,4,9-12H2,1-3H3. The first-order valence-electron chi connectivity index (χ1n) is 7.16. The van der Waals surface area contributed by atoms with Crippen LogP contribution in [0.3, 0.4) is 0 Å². The van der Waals surface area contributed by atoms with Crippen molar-refractivity contribution in [3.63, 3.8) is 0 Å². The monoisotopic (exact) mass is 260 g/mol. The average molecular weight is 260 g/mol. The maximum absolute atomic E-state index is 12.2. The third kappa shape index (κ3) is 3.64. The van der Waals surface area contributed by atoms with Gasteiger partial charge in [0, 0.05) is 31.2 Å². The smallest absolute Gasteiger partial charge is 0.176 e. The van der Waals surface area contributed by atoms with Gasteiger partial charge in [-0.3, -0.25) is 14.6 Å². The Kier molecular flexibility index (Phi) is 4.72. The predicted molar refractivity (Wildman–Crippen MR) is 78.7 cm³/mol. The van der Waals surface area contributed by atoms with Gasteiger partial charge in [-0.25, -0.2) is 0 Å². The highest BCUT2D eigenvalue weighted by atomic mass is 16.1. The second kappa shape index (κ2) is 6.31. The first kappa shape index (κ1) is 14.2. The largest absolute Gasteiger partial charge is 0.298 e. The van der Waals surface area contributed by atoms with Crippen molar-refractivity contribution in [2.75, 3.05) is 32.7 Å². The molecule has 1 aliphatic heterocycles. The van der Waals surface area contributed by atoms with E-state index in [2.05, 4.69) is 23.6 Å². The number of Topliss-reactive ketones (excluding diaryl/α,β-unsaturated/α-hetero) is 1. The topological polar surface area (TPSA) is 23.6 Å². The normalized spacial score (nSPS) is 21.5. The average Bonchev–Trinajstić information content (AvgIpc) is 2.39. The molecule has 3 nitrogen and oxygen atoms in total. The Bertz CT molecular complexity index is 427. The molecule has 0 bridgehead atoms. The number of aryl methyl sites for hydroxylation is 1. The van der Waals surface area contributed by atoms with E-state index in [1.807, 2.05) is 31.2 Å². The summed E-state index contributed by atoms with van der Waals surface area (Å²) in [5.41, 5.74) is 2.03. The van der Waals surface area contributed by atoms with Crippen LogP contribution in [0.1, 0.15) is 29.8 Å². The van der Waals surface area contributed by atoms with E-state index in [4.69, 9.17) is 0 Å². The zero-order valence-corrected chi connectivity index (χ0v) is 12.2. The summed E-state index contributed by atoms with van der Waals surface area (Å²) in [5, 5.41) is 0. The van der Waals surface area contributed by atoms with Crippen LogP contribution in [0.4, 0.5) is 0 Å². The van der Waals surface area contributed by atoms with E-state index in [1.165, 1.54) is 5.56 Å². The van der Waals surface area contributed by atoms with Crippen molar-refractivity contribution < 1.29 is 4.79 Å². The van der Waals surface area contributed by atoms with Crippen molar-refractivity contribution in [1.82, 2.24) is 9.80 Å². The number of nitrogens with zero attached hydrogens (tertiary/aromatic N) is 2. The molecule has 1 saturated heterocycles. The van der Waals surface area contributed by atoms with Gasteiger partial charge in [-0.05, 0) is 20.4 Å². The van der Waals surface area contributed by atoms with E-state index < -0.39 is 0 Å². The summed E-state index contributed by atoms with van der Waals surface area (Å²) in [6.45, 7) is 11.2. The molecule has 0 radical (unpaired) electrons. The molecular weight excluding hydrogens is 236 g/mol. The number of benzene rings is 1. The van der Waals surface area contributed by atoms with Crippen LogP contribution >= 0.6 is 0 Å². The van der Waals surface area contributed by atoms with E-state index in [-0.39, 0.29) is 5.78 Å². The number of piperazine rings is 1. The van der Waals surface area contributed by atoms with Crippen LogP contribution in [-0.4, -0.2) is 54.3 Å². The summed E-state index contributed by atoms with van der Waals surface area (Å²) in [5.74, 6) is 0.233. The molecule has 0 amide bonds. The fourth-order valence-electron chi connectivity index (χ4n) is 2.72. The van der Waals surface area contributed by atoms with Crippen LogP contribution in [-0.2, 0) is 0 Å². The predicted octanol–water partition coefficient (Wildman–Crippen LogP) is 2.20. The Morgan fingerprint density at radius 2 is 1.95 bits per heavy atom. The number of hydrogen-bond acceptors (Lipinski definition) is 3. The molecular formula is C16H24N2O. The minimum absolute atomic E-state index is 0.233. The molecule has 2 rings (SSSR count). The highest BCUT2D eigenvalue weighted by molar-refractivity contribution is 5.97. The van der Waals surface area contributed by atoms with Gasteiger partial charge in [-0.2, -0.15) is 0 Å². The van der Waals surface area contributed by atoms with Gasteiger partial charge in [0.05, 0.1) is 6.54 Å². The molecule has 1 aliphatic rings. The zero-order valence-electron chi connectivity index (χ0n) is 12.2. The van der Waals surface area contributed by atoms with Gasteiger partial charge < -0.3 is 0 Å². The van der Waals surface area contributed by atoms with Crippen LogP contribution < -0.4 is 0 Å². The Balaban J connectivity index is 1.91. The van der Waals surface area contributed by atoms with Gasteiger partial charge in [-0.1, -0.05) is 36.8 Å². The molecule has 19 heavy (non-hydrogen) atoms. The molecule has 0 spiro atoms. The van der Waals surface area contributed by atoms with Crippen molar-refractivity contribution >= 4 is 5.78 Å². The maximum atomic E-state index is 12.2. The summed E-state index contributed by atoms with van der Waals surface area (Å²) >= 11 is 0. The van der Waals surface area contributed by atoms with Gasteiger partial charge >= 0.3 is 0 Å². The summed E-state index contributed by atoms with van der Waals surface area (Å²) in [7, 11) is 0. The van der Waals surface area contributed by atoms with Crippen LogP contribution in [0.15, 0.2) is 24.3 Å². The minimum atomic E-state index is 0.233. The summed E-state index contributed by atoms with van der Waals surface area (Å²) in [6.07, 6.45) is 0. The van der Waals surface area contributed by atoms with Gasteiger partial charge in [0.2, 0.25) is 0 Å². The zero-order chi connectivity index (χ0) is 13.8. The molecule has 104 valence electrons. The quantitative estimate of drug-likeness (QED) is 0.775. The van der Waals surface area contributed by atoms with Crippen molar-refractivity contribution in [2.45, 2.75) is 26.8 Å². The SMILES string of the molecule is CCN1CCN(CC(=O)c2ccc(C)cc2)CC1C. The lowest BCUT2D eigenvalue weighted by Crippen LogP contribution is -2.52. The molecule has 1 fully saturated rings. The number of carbonyl (C=O) groups is 1. The van der Waals surface area contributed by atoms with Crippen molar-refractivity contribution in [1.29, 1.82) is 0 Å². The molecule has 0 saturated carbocycles. The fraction of sp³-hybridized carbons (Fsp3) is 0.562. The summed E-state index contributed by atoms with van der Waals surface area (Å²) < 4.78 is 0. The number of hydrogen-bond donors (Lipinski definition) is 0. The molecule has 0 N–H and O–H groups in total. The Morgan fingerprint density at radius 3 is 2.53 bits per heavy atom. The maximum Gasteiger partial charge on any atom is 0.176 e. The lowest BCUT2D eigenvalue weighted by atomic mass is 10.1. The minimum Gasteiger partial charge on any atom is -0.298 e. The number of likely N-dealkylation sites (N-methyl/N-ethyl adjacent to an activating group) is 1. The van der Waals surface area contributed by atoms with Gasteiger partial charge in [0.15, 0.2) is 5.78 Å². The second-order valence-electron chi connectivity index (χ2n) is 5.50. The highest BCUT2D eigenvalue weighted by Gasteiger charge is 2.23. The molecule has 3 heteroatoms. The first-order valence-corrected chi connectivity index (χ1v) is 7.16. The Morgan fingerprint density at radius 1 is 1.26 bits per heavy atom. The lowest BCUT2D eigenvalue weighted by Gasteiger charge is -2.39. The number of rotatable bonds is 4. The third-order valence-corrected chi connectivity index (χ3v) is 4.00. The van der Waals surface area contributed by atoms with E-state index in [0.29, 0.717) is 12.6 Å². The molecule has 1 atom stereocenters. The van der Waals surface area contributed by atoms with E-state index in [9.17, 15) is 4.79 Å². The van der Waals surface area contributed by atoms with Crippen LogP contribution in [0, 0.1) is 6.92 Å². The highest BCUT2D eigenvalue weighted by Crippen LogP contribution is 2.11. The lowest BCUT2D eigenvalue weighted by molar-refractivity contribution is 0.0723. The van der Waals surface area contributed by atoms with Crippen LogP contribution in [0.25, 0.3) is 0 Å². The third-order valence-electron chi connectivity index (χ3n) is 4.00. The molecule has 1 unspecified atom stereocenters. The van der Waals surface area contributed by atoms with Crippen LogP contribution in [0.2, 0.25) is 0 Å². The van der Waals surface area contributed by atoms with Gasteiger partial charge in [-0.15, -0.1) is 0 Å². The van der Waals surface area contributed by atoms with Gasteiger partial charge in [0.1, 0.15) is 0 Å². The first-order chi connectivity index (χ1) is 9.10. The molecule has 0 aromatic heterocycles. The van der Waals surface area contributed by atoms with E-state index in [0.717, 1.165) is 31.7 Å². The van der Waals surface area contributed by atoms with Crippen molar-refractivity contribution in [3.8, 4) is 0 Å². The summed E-state index contributed by atoms with van der Waals surface area (Å²) in [6, 6.07) is 8.42. The Hall–Kier alpha value is -1.19. The van der Waals surface area contributed by atoms with E-state index >= 15 is 0 Å². The summed E-state index contributed by atoms with van der Waals surface area (Å²) in [4.78, 5) is 17.0. The molecule has 0 aliphatic carbocycles.